The summed E-state index contributed by atoms with van der Waals surface area (Å²) in [6.07, 6.45) is 9.57. The number of ether oxygens (including phenoxy) is 3. The van der Waals surface area contributed by atoms with Crippen LogP contribution in [0, 0.1) is 0 Å². The summed E-state index contributed by atoms with van der Waals surface area (Å²) in [7, 11) is 2.46. The van der Waals surface area contributed by atoms with Crippen LogP contribution in [-0.4, -0.2) is 55.7 Å². The van der Waals surface area contributed by atoms with E-state index in [1.807, 2.05) is 56.4 Å². The molecule has 0 saturated heterocycles. The van der Waals surface area contributed by atoms with E-state index in [0.717, 1.165) is 23.1 Å². The second-order valence-electron chi connectivity index (χ2n) is 7.22. The fourth-order valence-corrected chi connectivity index (χ4v) is 2.96. The van der Waals surface area contributed by atoms with Gasteiger partial charge in [-0.3, -0.25) is 9.59 Å². The van der Waals surface area contributed by atoms with Crippen molar-refractivity contribution < 1.29 is 34.0 Å². The average Bonchev–Trinajstić information content (AvgIpc) is 2.83. The Bertz CT molecular complexity index is 876. The van der Waals surface area contributed by atoms with E-state index in [4.69, 9.17) is 19.3 Å². The fourth-order valence-electron chi connectivity index (χ4n) is 2.96. The third-order valence-electron chi connectivity index (χ3n) is 4.80. The van der Waals surface area contributed by atoms with Crippen molar-refractivity contribution in [2.24, 2.45) is 0 Å². The quantitative estimate of drug-likeness (QED) is 0.213. The summed E-state index contributed by atoms with van der Waals surface area (Å²) in [5.41, 5.74) is 3.43. The Labute approximate surface area is 195 Å². The Morgan fingerprint density at radius 1 is 1.06 bits per heavy atom. The number of hydrogen-bond donors (Lipinski definition) is 2. The van der Waals surface area contributed by atoms with Crippen molar-refractivity contribution in [3.63, 3.8) is 0 Å². The van der Waals surface area contributed by atoms with Gasteiger partial charge in [0.15, 0.2) is 5.92 Å². The van der Waals surface area contributed by atoms with Crippen molar-refractivity contribution in [3.05, 3.63) is 76.6 Å². The highest BCUT2D eigenvalue weighted by atomic mass is 16.5. The van der Waals surface area contributed by atoms with Gasteiger partial charge in [-0.05, 0) is 54.7 Å². The molecule has 1 atom stereocenters. The van der Waals surface area contributed by atoms with Crippen molar-refractivity contribution in [2.45, 2.75) is 39.2 Å². The van der Waals surface area contributed by atoms with Gasteiger partial charge < -0.3 is 24.4 Å². The van der Waals surface area contributed by atoms with E-state index in [1.165, 1.54) is 14.2 Å². The normalized spacial score (nSPS) is 13.9. The van der Waals surface area contributed by atoms with Gasteiger partial charge in [-0.25, -0.2) is 0 Å². The monoisotopic (exact) mass is 458 g/mol. The molecule has 0 saturated carbocycles. The first kappa shape index (κ1) is 27.9. The van der Waals surface area contributed by atoms with Crippen LogP contribution in [0.1, 0.15) is 44.2 Å². The minimum Gasteiger partial charge on any atom is -0.495 e. The first-order valence-electron chi connectivity index (χ1n) is 10.7. The molecule has 0 aromatic heterocycles. The molecule has 0 spiro atoms. The van der Waals surface area contributed by atoms with E-state index in [0.29, 0.717) is 11.3 Å². The molecule has 0 heterocycles. The number of aliphatic hydroxyl groups excluding tert-OH is 2. The fraction of sp³-hybridized carbons (Fsp3) is 0.385. The molecule has 1 aromatic carbocycles. The zero-order valence-electron chi connectivity index (χ0n) is 19.9. The lowest BCUT2D eigenvalue weighted by Crippen LogP contribution is -2.24. The second-order valence-corrected chi connectivity index (χ2v) is 7.22. The Morgan fingerprint density at radius 3 is 2.15 bits per heavy atom. The van der Waals surface area contributed by atoms with Crippen LogP contribution in [0.4, 0.5) is 0 Å². The zero-order valence-corrected chi connectivity index (χ0v) is 19.9. The molecule has 1 unspecified atom stereocenters. The lowest BCUT2D eigenvalue weighted by Gasteiger charge is -2.13. The van der Waals surface area contributed by atoms with Gasteiger partial charge in [0, 0.05) is 0 Å². The maximum Gasteiger partial charge on any atom is 0.324 e. The molecule has 0 aliphatic rings. The maximum absolute atomic E-state index is 12.0. The predicted molar refractivity (Wildman–Crippen MR) is 127 cm³/mol. The van der Waals surface area contributed by atoms with Crippen LogP contribution < -0.4 is 0 Å². The largest absolute Gasteiger partial charge is 0.495 e. The first-order valence-corrected chi connectivity index (χ1v) is 10.7. The Morgan fingerprint density at radius 2 is 1.67 bits per heavy atom. The maximum atomic E-state index is 12.0. The number of carbonyl (C=O) groups excluding carboxylic acids is 2. The summed E-state index contributed by atoms with van der Waals surface area (Å²) in [6.45, 7) is 5.43. The zero-order chi connectivity index (χ0) is 24.8. The number of esters is 2. The predicted octanol–water partition coefficient (Wildman–Crippen LogP) is 3.69. The van der Waals surface area contributed by atoms with Crippen LogP contribution in [0.25, 0.3) is 6.08 Å². The van der Waals surface area contributed by atoms with E-state index in [1.54, 1.807) is 19.1 Å². The molecule has 0 radical (unpaired) electrons. The molecule has 0 fully saturated rings. The number of allylic oxidation sites excluding steroid dienone is 7. The molecule has 0 aliphatic heterocycles. The average molecular weight is 459 g/mol. The summed E-state index contributed by atoms with van der Waals surface area (Å²) >= 11 is 0. The van der Waals surface area contributed by atoms with Crippen LogP contribution in [-0.2, 0) is 23.8 Å². The number of carbonyl (C=O) groups is 2. The Kier molecular flexibility index (Phi) is 12.5. The second kappa shape index (κ2) is 14.8. The number of methoxy groups -OCH3 is 2. The van der Waals surface area contributed by atoms with E-state index >= 15 is 0 Å². The molecular formula is C26H34O7. The van der Waals surface area contributed by atoms with Crippen LogP contribution >= 0.6 is 0 Å². The summed E-state index contributed by atoms with van der Waals surface area (Å²) in [6, 6.07) is 7.06. The van der Waals surface area contributed by atoms with Crippen LogP contribution in [0.15, 0.2) is 65.5 Å². The van der Waals surface area contributed by atoms with Crippen LogP contribution in [0.5, 0.6) is 0 Å². The summed E-state index contributed by atoms with van der Waals surface area (Å²) in [4.78, 5) is 24.0. The molecule has 1 rings (SSSR count). The smallest absolute Gasteiger partial charge is 0.324 e. The lowest BCUT2D eigenvalue weighted by molar-refractivity contribution is -0.154. The van der Waals surface area contributed by atoms with Crippen LogP contribution in [0.2, 0.25) is 0 Å². The number of benzene rings is 1. The molecule has 7 nitrogen and oxygen atoms in total. The van der Waals surface area contributed by atoms with E-state index in [-0.39, 0.29) is 13.2 Å². The number of hydrogen-bond acceptors (Lipinski definition) is 7. The topological polar surface area (TPSA) is 102 Å². The molecule has 2 N–H and O–H groups in total. The van der Waals surface area contributed by atoms with Crippen molar-refractivity contribution >= 4 is 18.0 Å². The molecule has 1 aromatic rings. The molecule has 33 heavy (non-hydrogen) atoms. The van der Waals surface area contributed by atoms with Gasteiger partial charge in [0.2, 0.25) is 0 Å². The van der Waals surface area contributed by atoms with Crippen LogP contribution in [0.3, 0.4) is 0 Å². The van der Waals surface area contributed by atoms with Gasteiger partial charge >= 0.3 is 11.9 Å². The number of aliphatic hydroxyl groups is 2. The van der Waals surface area contributed by atoms with Gasteiger partial charge in [0.05, 0.1) is 26.6 Å². The third kappa shape index (κ3) is 9.08. The van der Waals surface area contributed by atoms with Gasteiger partial charge in [-0.15, -0.1) is 0 Å². The van der Waals surface area contributed by atoms with Gasteiger partial charge in [-0.1, -0.05) is 49.4 Å². The summed E-state index contributed by atoms with van der Waals surface area (Å²) in [5.74, 6) is -1.86. The molecular weight excluding hydrogens is 424 g/mol. The highest BCUT2D eigenvalue weighted by Gasteiger charge is 2.30. The van der Waals surface area contributed by atoms with E-state index < -0.39 is 24.0 Å². The Hall–Kier alpha value is -3.16. The molecule has 0 amide bonds. The van der Waals surface area contributed by atoms with Crippen molar-refractivity contribution in [1.29, 1.82) is 0 Å². The summed E-state index contributed by atoms with van der Waals surface area (Å²) in [5, 5.41) is 18.3. The number of rotatable bonds is 12. The molecule has 0 bridgehead atoms. The molecule has 7 heteroatoms. The van der Waals surface area contributed by atoms with Crippen molar-refractivity contribution in [2.75, 3.05) is 27.4 Å². The standard InChI is InChI=1S/C26H34O7/c1-6-8-22(20(7-2)12-9-18(3)33-17-23(28)16-27)15-19-10-13-21(14-11-19)24(25(29)31-4)26(30)32-5/h6,8-15,23-24,27-28H,7,16-17H2,1-5H3/b8-6-,18-9+,20-12+,22-15+. The van der Waals surface area contributed by atoms with Gasteiger partial charge in [0.1, 0.15) is 12.7 Å². The molecule has 180 valence electrons. The van der Waals surface area contributed by atoms with Gasteiger partial charge in [0.25, 0.3) is 0 Å². The van der Waals surface area contributed by atoms with Crippen molar-refractivity contribution in [1.82, 2.24) is 0 Å². The highest BCUT2D eigenvalue weighted by Crippen LogP contribution is 2.23. The first-order chi connectivity index (χ1) is 15.8. The van der Waals surface area contributed by atoms with Crippen molar-refractivity contribution in [3.8, 4) is 0 Å². The third-order valence-corrected chi connectivity index (χ3v) is 4.80. The Balaban J connectivity index is 3.19. The minimum atomic E-state index is -1.13. The highest BCUT2D eigenvalue weighted by molar-refractivity contribution is 6.00. The SMILES string of the molecule is C\C=C/C(=C\c1ccc(C(C(=O)OC)C(=O)OC)cc1)C(=C/C=C(\C)OCC(O)CO)/CC. The summed E-state index contributed by atoms with van der Waals surface area (Å²) < 4.78 is 14.9. The van der Waals surface area contributed by atoms with E-state index in [9.17, 15) is 14.7 Å². The lowest BCUT2D eigenvalue weighted by atomic mass is 9.96. The van der Waals surface area contributed by atoms with Gasteiger partial charge in [-0.2, -0.15) is 0 Å². The minimum absolute atomic E-state index is 0.0240. The molecule has 0 aliphatic carbocycles. The van der Waals surface area contributed by atoms with E-state index in [2.05, 4.69) is 0 Å².